The van der Waals surface area contributed by atoms with Gasteiger partial charge >= 0.3 is 0 Å². The lowest BCUT2D eigenvalue weighted by Gasteiger charge is -2.23. The number of anilines is 1. The number of nitrogens with zero attached hydrogens (tertiary/aromatic N) is 1. The highest BCUT2D eigenvalue weighted by molar-refractivity contribution is 7.89. The van der Waals surface area contributed by atoms with Crippen LogP contribution in [0.5, 0.6) is 0 Å². The predicted molar refractivity (Wildman–Crippen MR) is 114 cm³/mol. The zero-order valence-electron chi connectivity index (χ0n) is 17.8. The maximum absolute atomic E-state index is 13.0. The Morgan fingerprint density at radius 3 is 2.70 bits per heavy atom. The van der Waals surface area contributed by atoms with Gasteiger partial charge in [-0.05, 0) is 48.9 Å². The first-order valence-electron chi connectivity index (χ1n) is 10.6. The standard InChI is InChI=1S/C21H31N3O5S/c1-4-19(25)24-10-9-15-12-17(7-8-18(15)24)30(27,28)23-20(14(2)3)21(26)22-13-16-6-5-11-29-16/h7-8,12,14,16,20,23H,4-6,9-11,13H2,1-3H3,(H,22,26). The van der Waals surface area contributed by atoms with E-state index in [0.29, 0.717) is 32.5 Å². The summed E-state index contributed by atoms with van der Waals surface area (Å²) in [5.41, 5.74) is 1.58. The number of amides is 2. The highest BCUT2D eigenvalue weighted by atomic mass is 32.2. The smallest absolute Gasteiger partial charge is 0.241 e. The minimum absolute atomic E-state index is 0.0103. The third-order valence-corrected chi connectivity index (χ3v) is 7.06. The van der Waals surface area contributed by atoms with Crippen LogP contribution >= 0.6 is 0 Å². The van der Waals surface area contributed by atoms with E-state index in [1.807, 2.05) is 0 Å². The first-order valence-corrected chi connectivity index (χ1v) is 12.1. The molecule has 1 fully saturated rings. The van der Waals surface area contributed by atoms with E-state index in [9.17, 15) is 18.0 Å². The third kappa shape index (κ3) is 5.01. The fourth-order valence-corrected chi connectivity index (χ4v) is 5.25. The Hall–Kier alpha value is -1.97. The Labute approximate surface area is 178 Å². The SMILES string of the molecule is CCC(=O)N1CCc2cc(S(=O)(=O)NC(C(=O)NCC3CCCO3)C(C)C)ccc21. The molecule has 2 aliphatic heterocycles. The molecule has 0 saturated carbocycles. The van der Waals surface area contributed by atoms with Crippen molar-refractivity contribution in [3.8, 4) is 0 Å². The monoisotopic (exact) mass is 437 g/mol. The molecule has 0 aliphatic carbocycles. The topological polar surface area (TPSA) is 105 Å². The van der Waals surface area contributed by atoms with Crippen LogP contribution in [0.15, 0.2) is 23.1 Å². The van der Waals surface area contributed by atoms with Crippen LogP contribution in [0.4, 0.5) is 5.69 Å². The minimum atomic E-state index is -3.90. The van der Waals surface area contributed by atoms with Crippen molar-refractivity contribution in [3.63, 3.8) is 0 Å². The summed E-state index contributed by atoms with van der Waals surface area (Å²) in [6, 6.07) is 3.88. The van der Waals surface area contributed by atoms with Crippen molar-refractivity contribution >= 4 is 27.5 Å². The quantitative estimate of drug-likeness (QED) is 0.643. The van der Waals surface area contributed by atoms with Crippen molar-refractivity contribution in [2.45, 2.75) is 63.5 Å². The van der Waals surface area contributed by atoms with Crippen LogP contribution in [0.3, 0.4) is 0 Å². The molecule has 2 amide bonds. The van der Waals surface area contributed by atoms with Gasteiger partial charge in [-0.15, -0.1) is 0 Å². The number of carbonyl (C=O) groups is 2. The molecule has 1 aromatic rings. The second kappa shape index (κ2) is 9.45. The number of nitrogens with one attached hydrogen (secondary N) is 2. The molecule has 9 heteroatoms. The molecule has 1 saturated heterocycles. The molecule has 0 aromatic heterocycles. The van der Waals surface area contributed by atoms with E-state index in [4.69, 9.17) is 4.74 Å². The number of hydrogen-bond donors (Lipinski definition) is 2. The summed E-state index contributed by atoms with van der Waals surface area (Å²) < 4.78 is 34.0. The Bertz CT molecular complexity index is 894. The first kappa shape index (κ1) is 22.7. The van der Waals surface area contributed by atoms with Crippen LogP contribution in [-0.4, -0.2) is 52.1 Å². The maximum atomic E-state index is 13.0. The Kier molecular flexibility index (Phi) is 7.15. The number of benzene rings is 1. The van der Waals surface area contributed by atoms with Gasteiger partial charge in [-0.25, -0.2) is 8.42 Å². The van der Waals surface area contributed by atoms with Gasteiger partial charge in [-0.3, -0.25) is 9.59 Å². The van der Waals surface area contributed by atoms with E-state index in [-0.39, 0.29) is 28.7 Å². The fourth-order valence-electron chi connectivity index (χ4n) is 3.85. The lowest BCUT2D eigenvalue weighted by molar-refractivity contribution is -0.124. The summed E-state index contributed by atoms with van der Waals surface area (Å²) in [7, 11) is -3.90. The zero-order chi connectivity index (χ0) is 21.9. The van der Waals surface area contributed by atoms with E-state index >= 15 is 0 Å². The van der Waals surface area contributed by atoms with Gasteiger partial charge in [-0.1, -0.05) is 20.8 Å². The Balaban J connectivity index is 1.72. The van der Waals surface area contributed by atoms with Crippen molar-refractivity contribution in [2.75, 3.05) is 24.6 Å². The number of carbonyl (C=O) groups excluding carboxylic acids is 2. The molecule has 2 aliphatic rings. The van der Waals surface area contributed by atoms with Gasteiger partial charge in [0.2, 0.25) is 21.8 Å². The van der Waals surface area contributed by atoms with Crippen molar-refractivity contribution in [1.29, 1.82) is 0 Å². The number of sulfonamides is 1. The van der Waals surface area contributed by atoms with E-state index < -0.39 is 16.1 Å². The molecule has 2 atom stereocenters. The molecule has 8 nitrogen and oxygen atoms in total. The molecule has 166 valence electrons. The third-order valence-electron chi connectivity index (χ3n) is 5.62. The molecule has 2 heterocycles. The van der Waals surface area contributed by atoms with Crippen LogP contribution in [0, 0.1) is 5.92 Å². The van der Waals surface area contributed by atoms with Gasteiger partial charge in [0.25, 0.3) is 0 Å². The van der Waals surface area contributed by atoms with Gasteiger partial charge in [0.1, 0.15) is 6.04 Å². The normalized spacial score (nSPS) is 19.7. The van der Waals surface area contributed by atoms with E-state index in [1.165, 1.54) is 6.07 Å². The Morgan fingerprint density at radius 1 is 1.30 bits per heavy atom. The molecule has 0 bridgehead atoms. The second-order valence-corrected chi connectivity index (χ2v) is 9.88. The summed E-state index contributed by atoms with van der Waals surface area (Å²) in [6.45, 7) is 7.04. The summed E-state index contributed by atoms with van der Waals surface area (Å²) in [4.78, 5) is 26.5. The van der Waals surface area contributed by atoms with Gasteiger partial charge in [0.15, 0.2) is 0 Å². The lowest BCUT2D eigenvalue weighted by atomic mass is 10.0. The number of rotatable bonds is 8. The zero-order valence-corrected chi connectivity index (χ0v) is 18.6. The average Bonchev–Trinajstić information content (AvgIpc) is 3.38. The van der Waals surface area contributed by atoms with Crippen molar-refractivity contribution in [1.82, 2.24) is 10.0 Å². The highest BCUT2D eigenvalue weighted by Gasteiger charge is 2.31. The molecule has 30 heavy (non-hydrogen) atoms. The van der Waals surface area contributed by atoms with E-state index in [1.54, 1.807) is 37.8 Å². The lowest BCUT2D eigenvalue weighted by Crippen LogP contribution is -2.50. The van der Waals surface area contributed by atoms with Crippen molar-refractivity contribution in [3.05, 3.63) is 23.8 Å². The summed E-state index contributed by atoms with van der Waals surface area (Å²) in [6.07, 6.45) is 2.87. The van der Waals surface area contributed by atoms with Gasteiger partial charge in [-0.2, -0.15) is 4.72 Å². The molecule has 0 spiro atoms. The predicted octanol–water partition coefficient (Wildman–Crippen LogP) is 1.58. The second-order valence-electron chi connectivity index (χ2n) is 8.16. The van der Waals surface area contributed by atoms with Gasteiger partial charge in [0.05, 0.1) is 11.0 Å². The van der Waals surface area contributed by atoms with E-state index in [2.05, 4.69) is 10.0 Å². The van der Waals surface area contributed by atoms with Gasteiger partial charge < -0.3 is 15.0 Å². The average molecular weight is 438 g/mol. The molecule has 1 aromatic carbocycles. The van der Waals surface area contributed by atoms with Crippen LogP contribution in [0.1, 0.15) is 45.6 Å². The van der Waals surface area contributed by atoms with Crippen molar-refractivity contribution in [2.24, 2.45) is 5.92 Å². The highest BCUT2D eigenvalue weighted by Crippen LogP contribution is 2.30. The molecule has 3 rings (SSSR count). The summed E-state index contributed by atoms with van der Waals surface area (Å²) in [5, 5.41) is 2.81. The van der Waals surface area contributed by atoms with Crippen LogP contribution in [0.25, 0.3) is 0 Å². The van der Waals surface area contributed by atoms with E-state index in [0.717, 1.165) is 24.1 Å². The summed E-state index contributed by atoms with van der Waals surface area (Å²) in [5.74, 6) is -0.563. The number of fused-ring (bicyclic) bond motifs is 1. The maximum Gasteiger partial charge on any atom is 0.241 e. The van der Waals surface area contributed by atoms with Crippen LogP contribution in [-0.2, 0) is 30.8 Å². The molecular weight excluding hydrogens is 406 g/mol. The number of hydrogen-bond acceptors (Lipinski definition) is 5. The molecule has 2 unspecified atom stereocenters. The fraction of sp³-hybridized carbons (Fsp3) is 0.619. The van der Waals surface area contributed by atoms with Gasteiger partial charge in [0, 0.05) is 31.8 Å². The number of ether oxygens (including phenoxy) is 1. The molecule has 0 radical (unpaired) electrons. The largest absolute Gasteiger partial charge is 0.376 e. The summed E-state index contributed by atoms with van der Waals surface area (Å²) >= 11 is 0. The van der Waals surface area contributed by atoms with Crippen LogP contribution in [0.2, 0.25) is 0 Å². The molecule has 2 N–H and O–H groups in total. The molecular formula is C21H31N3O5S. The minimum Gasteiger partial charge on any atom is -0.376 e. The first-order chi connectivity index (χ1) is 14.2. The van der Waals surface area contributed by atoms with Crippen LogP contribution < -0.4 is 14.9 Å². The Morgan fingerprint density at radius 2 is 2.07 bits per heavy atom. The van der Waals surface area contributed by atoms with Crippen molar-refractivity contribution < 1.29 is 22.7 Å².